The number of aryl methyl sites for hydroxylation is 2. The molecule has 4 rings (SSSR count). The summed E-state index contributed by atoms with van der Waals surface area (Å²) in [5, 5.41) is 21.9. The first-order chi connectivity index (χ1) is 14.5. The van der Waals surface area contributed by atoms with Crippen molar-refractivity contribution in [3.8, 4) is 17.0 Å². The average Bonchev–Trinajstić information content (AvgIpc) is 3.33. The van der Waals surface area contributed by atoms with Gasteiger partial charge in [-0.25, -0.2) is 4.98 Å². The molecule has 0 unspecified atom stereocenters. The van der Waals surface area contributed by atoms with Crippen LogP contribution in [0.1, 0.15) is 29.5 Å². The second-order valence-corrected chi connectivity index (χ2v) is 8.29. The van der Waals surface area contributed by atoms with Crippen LogP contribution < -0.4 is 9.64 Å². The summed E-state index contributed by atoms with van der Waals surface area (Å²) in [5.74, 6) is 1.24. The summed E-state index contributed by atoms with van der Waals surface area (Å²) < 4.78 is 5.63. The molecular weight excluding hydrogens is 394 g/mol. The lowest BCUT2D eigenvalue weighted by atomic mass is 10.1. The Balaban J connectivity index is 1.56. The predicted molar refractivity (Wildman–Crippen MR) is 124 cm³/mol. The first-order valence-electron chi connectivity index (χ1n) is 10.0. The average molecular weight is 420 g/mol. The van der Waals surface area contributed by atoms with Gasteiger partial charge in [-0.1, -0.05) is 19.1 Å². The Bertz CT molecular complexity index is 1120. The highest BCUT2D eigenvalue weighted by atomic mass is 32.1. The molecule has 0 saturated carbocycles. The normalized spacial score (nSPS) is 14.0. The lowest BCUT2D eigenvalue weighted by Crippen LogP contribution is -2.25. The number of amidine groups is 1. The molecule has 5 nitrogen and oxygen atoms in total. The zero-order chi connectivity index (χ0) is 21.3. The van der Waals surface area contributed by atoms with E-state index in [1.807, 2.05) is 29.6 Å². The first-order valence-corrected chi connectivity index (χ1v) is 10.9. The third kappa shape index (κ3) is 3.83. The maximum Gasteiger partial charge on any atom is 0.139 e. The molecular formula is C24H25N3O2S. The number of thiazole rings is 1. The molecule has 2 N–H and O–H groups in total. The van der Waals surface area contributed by atoms with Crippen molar-refractivity contribution in [2.45, 2.75) is 27.2 Å². The summed E-state index contributed by atoms with van der Waals surface area (Å²) in [6.45, 7) is 7.19. The second kappa shape index (κ2) is 8.32. The minimum Gasteiger partial charge on any atom is -0.510 e. The van der Waals surface area contributed by atoms with Gasteiger partial charge in [-0.3, -0.25) is 5.41 Å². The minimum absolute atomic E-state index is 0.173. The predicted octanol–water partition coefficient (Wildman–Crippen LogP) is 5.98. The van der Waals surface area contributed by atoms with Crippen molar-refractivity contribution < 1.29 is 9.84 Å². The van der Waals surface area contributed by atoms with Gasteiger partial charge in [-0.05, 0) is 61.7 Å². The molecule has 154 valence electrons. The molecule has 0 atom stereocenters. The Morgan fingerprint density at radius 1 is 1.13 bits per heavy atom. The molecule has 30 heavy (non-hydrogen) atoms. The van der Waals surface area contributed by atoms with Crippen molar-refractivity contribution in [2.75, 3.05) is 18.1 Å². The Labute approximate surface area is 180 Å². The van der Waals surface area contributed by atoms with Crippen molar-refractivity contribution in [3.05, 3.63) is 69.7 Å². The van der Waals surface area contributed by atoms with Crippen LogP contribution in [0.2, 0.25) is 0 Å². The summed E-state index contributed by atoms with van der Waals surface area (Å²) >= 11 is 1.45. The number of aromatic nitrogens is 1. The van der Waals surface area contributed by atoms with E-state index in [-0.39, 0.29) is 18.1 Å². The number of nitrogens with one attached hydrogen (secondary N) is 1. The smallest absolute Gasteiger partial charge is 0.139 e. The van der Waals surface area contributed by atoms with E-state index < -0.39 is 0 Å². The highest BCUT2D eigenvalue weighted by Gasteiger charge is 2.31. The number of anilines is 1. The van der Waals surface area contributed by atoms with Gasteiger partial charge >= 0.3 is 0 Å². The fourth-order valence-corrected chi connectivity index (χ4v) is 4.28. The topological polar surface area (TPSA) is 69.4 Å². The van der Waals surface area contributed by atoms with E-state index in [0.29, 0.717) is 17.2 Å². The van der Waals surface area contributed by atoms with Gasteiger partial charge in [-0.15, -0.1) is 11.3 Å². The van der Waals surface area contributed by atoms with E-state index in [1.54, 1.807) is 4.90 Å². The van der Waals surface area contributed by atoms with Crippen LogP contribution in [0.25, 0.3) is 16.8 Å². The summed E-state index contributed by atoms with van der Waals surface area (Å²) in [6.07, 6.45) is 0.956. The zero-order valence-electron chi connectivity index (χ0n) is 17.4. The van der Waals surface area contributed by atoms with Gasteiger partial charge in [0.1, 0.15) is 22.4 Å². The highest BCUT2D eigenvalue weighted by Crippen LogP contribution is 2.35. The Morgan fingerprint density at radius 2 is 1.90 bits per heavy atom. The molecule has 3 aromatic rings. The van der Waals surface area contributed by atoms with E-state index in [4.69, 9.17) is 15.1 Å². The quantitative estimate of drug-likeness (QED) is 0.515. The Morgan fingerprint density at radius 3 is 2.60 bits per heavy atom. The number of aliphatic hydroxyl groups is 1. The van der Waals surface area contributed by atoms with E-state index in [0.717, 1.165) is 29.1 Å². The zero-order valence-corrected chi connectivity index (χ0v) is 18.2. The van der Waals surface area contributed by atoms with E-state index in [1.165, 1.54) is 22.5 Å². The molecule has 6 heteroatoms. The molecule has 0 spiro atoms. The fraction of sp³-hybridized carbons (Fsp3) is 0.250. The van der Waals surface area contributed by atoms with Gasteiger partial charge in [0.25, 0.3) is 0 Å². The van der Waals surface area contributed by atoms with Gasteiger partial charge in [-0.2, -0.15) is 0 Å². The molecule has 2 heterocycles. The van der Waals surface area contributed by atoms with Crippen molar-refractivity contribution in [2.24, 2.45) is 0 Å². The van der Waals surface area contributed by atoms with Crippen LogP contribution in [-0.4, -0.2) is 29.1 Å². The molecule has 0 aliphatic carbocycles. The monoisotopic (exact) mass is 419 g/mol. The molecule has 1 aliphatic heterocycles. The van der Waals surface area contributed by atoms with Gasteiger partial charge in [0.15, 0.2) is 0 Å². The van der Waals surface area contributed by atoms with Crippen LogP contribution in [0.5, 0.6) is 5.75 Å². The number of hydrogen-bond acceptors (Lipinski definition) is 5. The number of hydrogen-bond donors (Lipinski definition) is 2. The molecule has 0 amide bonds. The molecule has 0 bridgehead atoms. The van der Waals surface area contributed by atoms with Crippen molar-refractivity contribution in [1.29, 1.82) is 5.41 Å². The highest BCUT2D eigenvalue weighted by molar-refractivity contribution is 7.11. The van der Waals surface area contributed by atoms with Gasteiger partial charge in [0.2, 0.25) is 0 Å². The van der Waals surface area contributed by atoms with Gasteiger partial charge in [0.05, 0.1) is 24.4 Å². The molecule has 0 radical (unpaired) electrons. The third-order valence-electron chi connectivity index (χ3n) is 5.25. The summed E-state index contributed by atoms with van der Waals surface area (Å²) in [5.41, 5.74) is 5.72. The largest absolute Gasteiger partial charge is 0.510 e. The van der Waals surface area contributed by atoms with Crippen LogP contribution in [0.15, 0.2) is 53.6 Å². The van der Waals surface area contributed by atoms with Crippen molar-refractivity contribution >= 4 is 28.4 Å². The van der Waals surface area contributed by atoms with E-state index >= 15 is 0 Å². The van der Waals surface area contributed by atoms with E-state index in [2.05, 4.69) is 39.0 Å². The van der Waals surface area contributed by atoms with Gasteiger partial charge < -0.3 is 14.7 Å². The number of benzene rings is 2. The maximum absolute atomic E-state index is 10.6. The van der Waals surface area contributed by atoms with Gasteiger partial charge in [0, 0.05) is 16.6 Å². The lowest BCUT2D eigenvalue weighted by molar-refractivity contribution is 0.317. The first kappa shape index (κ1) is 20.2. The molecule has 2 aromatic carbocycles. The lowest BCUT2D eigenvalue weighted by Gasteiger charge is -2.19. The maximum atomic E-state index is 10.6. The minimum atomic E-state index is 0.173. The van der Waals surface area contributed by atoms with Crippen molar-refractivity contribution in [3.63, 3.8) is 0 Å². The molecule has 0 saturated heterocycles. The number of ether oxygens (including phenoxy) is 1. The fourth-order valence-electron chi connectivity index (χ4n) is 3.39. The number of nitrogens with zero attached hydrogens (tertiary/aromatic N) is 2. The molecule has 1 aromatic heterocycles. The number of aliphatic hydroxyl groups excluding tert-OH is 1. The second-order valence-electron chi connectivity index (χ2n) is 7.44. The molecule has 1 aliphatic rings. The van der Waals surface area contributed by atoms with Crippen LogP contribution in [0, 0.1) is 19.3 Å². The third-order valence-corrected chi connectivity index (χ3v) is 6.10. The summed E-state index contributed by atoms with van der Waals surface area (Å²) in [4.78, 5) is 6.51. The standard InChI is InChI=1S/C24H25N3O2S/c1-4-11-29-19-9-7-18(8-10-19)27-13-21(28)22(23(27)25)24-26-20(14-30-24)17-6-5-15(2)16(3)12-17/h5-10,12,14,25,28H,4,11,13H2,1-3H3. The SMILES string of the molecule is CCCOc1ccc(N2CC(O)=C(c3nc(-c4ccc(C)c(C)c4)cs3)C2=N)cc1. The van der Waals surface area contributed by atoms with Crippen LogP contribution >= 0.6 is 11.3 Å². The van der Waals surface area contributed by atoms with Crippen LogP contribution in [0.3, 0.4) is 0 Å². The van der Waals surface area contributed by atoms with Crippen LogP contribution in [0.4, 0.5) is 5.69 Å². The Hall–Kier alpha value is -3.12. The summed E-state index contributed by atoms with van der Waals surface area (Å²) in [6, 6.07) is 13.9. The summed E-state index contributed by atoms with van der Waals surface area (Å²) in [7, 11) is 0. The molecule has 0 fully saturated rings. The Kier molecular flexibility index (Phi) is 5.59. The van der Waals surface area contributed by atoms with E-state index in [9.17, 15) is 5.11 Å². The number of rotatable bonds is 6. The van der Waals surface area contributed by atoms with Crippen molar-refractivity contribution in [1.82, 2.24) is 4.98 Å². The van der Waals surface area contributed by atoms with Crippen LogP contribution in [-0.2, 0) is 0 Å².